The molecule has 4 nitrogen and oxygen atoms in total. The monoisotopic (exact) mass is 357 g/mol. The summed E-state index contributed by atoms with van der Waals surface area (Å²) in [4.78, 5) is -1.35. The molecule has 0 saturated carbocycles. The van der Waals surface area contributed by atoms with Crippen molar-refractivity contribution in [2.24, 2.45) is 0 Å². The maximum atomic E-state index is 12.5. The standard InChI is InChI=1S/C7H5BrF3NO3S.K/c8-5-2-3(12)1-4(7(9,10)11)6(5)16(13,14)15;/h1-2H,12H2,(H,13,14,15);/q;+1/p-1. The molecular weight excluding hydrogens is 354 g/mol. The molecule has 0 saturated heterocycles. The third-order valence-corrected chi connectivity index (χ3v) is 3.45. The van der Waals surface area contributed by atoms with E-state index in [1.165, 1.54) is 0 Å². The van der Waals surface area contributed by atoms with Gasteiger partial charge in [0.05, 0.1) is 10.5 Å². The van der Waals surface area contributed by atoms with Crippen molar-refractivity contribution in [1.29, 1.82) is 0 Å². The molecule has 1 aromatic rings. The van der Waals surface area contributed by atoms with Crippen LogP contribution in [0.3, 0.4) is 0 Å². The van der Waals surface area contributed by atoms with Crippen LogP contribution in [0.1, 0.15) is 5.56 Å². The van der Waals surface area contributed by atoms with Crippen molar-refractivity contribution >= 4 is 31.7 Å². The maximum Gasteiger partial charge on any atom is 1.00 e. The Balaban J connectivity index is 0.00000256. The van der Waals surface area contributed by atoms with E-state index in [1.54, 1.807) is 0 Å². The van der Waals surface area contributed by atoms with Crippen LogP contribution in [0.2, 0.25) is 0 Å². The smallest absolute Gasteiger partial charge is 0.744 e. The van der Waals surface area contributed by atoms with Gasteiger partial charge in [0, 0.05) is 10.2 Å². The van der Waals surface area contributed by atoms with Gasteiger partial charge < -0.3 is 10.3 Å². The summed E-state index contributed by atoms with van der Waals surface area (Å²) in [5.74, 6) is 0. The van der Waals surface area contributed by atoms with Crippen LogP contribution in [-0.4, -0.2) is 13.0 Å². The first-order valence-corrected chi connectivity index (χ1v) is 5.85. The molecule has 0 aliphatic heterocycles. The van der Waals surface area contributed by atoms with Crippen molar-refractivity contribution in [1.82, 2.24) is 0 Å². The minimum absolute atomic E-state index is 0. The van der Waals surface area contributed by atoms with Gasteiger partial charge >= 0.3 is 57.6 Å². The topological polar surface area (TPSA) is 83.2 Å². The molecule has 0 amide bonds. The van der Waals surface area contributed by atoms with E-state index in [2.05, 4.69) is 15.9 Å². The quantitative estimate of drug-likeness (QED) is 0.395. The molecule has 0 spiro atoms. The van der Waals surface area contributed by atoms with Crippen LogP contribution >= 0.6 is 15.9 Å². The largest absolute Gasteiger partial charge is 1.00 e. The molecule has 0 atom stereocenters. The zero-order valence-corrected chi connectivity index (χ0v) is 13.9. The molecule has 0 aromatic heterocycles. The molecule has 0 fully saturated rings. The average Bonchev–Trinajstić information content (AvgIpc) is 1.97. The molecule has 17 heavy (non-hydrogen) atoms. The van der Waals surface area contributed by atoms with Crippen LogP contribution in [0.4, 0.5) is 18.9 Å². The summed E-state index contributed by atoms with van der Waals surface area (Å²) in [6, 6.07) is 1.32. The second kappa shape index (κ2) is 5.86. The van der Waals surface area contributed by atoms with Crippen molar-refractivity contribution < 1.29 is 77.5 Å². The summed E-state index contributed by atoms with van der Waals surface area (Å²) in [6.07, 6.45) is -4.97. The Morgan fingerprint density at radius 1 is 1.29 bits per heavy atom. The third kappa shape index (κ3) is 4.46. The van der Waals surface area contributed by atoms with Crippen molar-refractivity contribution in [3.63, 3.8) is 0 Å². The molecule has 0 aliphatic rings. The van der Waals surface area contributed by atoms with Crippen LogP contribution < -0.4 is 57.1 Å². The van der Waals surface area contributed by atoms with Crippen molar-refractivity contribution in [3.8, 4) is 0 Å². The zero-order valence-electron chi connectivity index (χ0n) is 8.38. The molecule has 0 radical (unpaired) electrons. The van der Waals surface area contributed by atoms with E-state index in [4.69, 9.17) is 5.73 Å². The summed E-state index contributed by atoms with van der Waals surface area (Å²) in [5.41, 5.74) is 3.27. The zero-order chi connectivity index (χ0) is 12.7. The van der Waals surface area contributed by atoms with Gasteiger partial charge in [0.1, 0.15) is 10.1 Å². The number of hydrogen-bond donors (Lipinski definition) is 1. The number of benzene rings is 1. The van der Waals surface area contributed by atoms with E-state index >= 15 is 0 Å². The van der Waals surface area contributed by atoms with Gasteiger partial charge in [-0.1, -0.05) is 0 Å². The molecule has 0 heterocycles. The predicted octanol–water partition coefficient (Wildman–Crippen LogP) is -1.04. The molecule has 0 bridgehead atoms. The minimum Gasteiger partial charge on any atom is -0.744 e. The van der Waals surface area contributed by atoms with Crippen LogP contribution in [0.5, 0.6) is 0 Å². The first kappa shape index (κ1) is 17.8. The normalized spacial score (nSPS) is 12.1. The van der Waals surface area contributed by atoms with Crippen molar-refractivity contribution in [3.05, 3.63) is 22.2 Å². The van der Waals surface area contributed by atoms with Gasteiger partial charge in [-0.2, -0.15) is 13.2 Å². The Bertz CT molecular complexity index is 532. The summed E-state index contributed by atoms with van der Waals surface area (Å²) in [5, 5.41) is 0. The van der Waals surface area contributed by atoms with Crippen LogP contribution in [0.25, 0.3) is 0 Å². The summed E-state index contributed by atoms with van der Waals surface area (Å²) in [7, 11) is -5.24. The molecule has 10 heteroatoms. The summed E-state index contributed by atoms with van der Waals surface area (Å²) < 4.78 is 69.0. The van der Waals surface area contributed by atoms with E-state index < -0.39 is 31.2 Å². The van der Waals surface area contributed by atoms with E-state index in [0.29, 0.717) is 6.07 Å². The second-order valence-corrected chi connectivity index (χ2v) is 5.00. The second-order valence-electron chi connectivity index (χ2n) is 2.83. The first-order chi connectivity index (χ1) is 7.03. The third-order valence-electron chi connectivity index (χ3n) is 1.62. The first-order valence-electron chi connectivity index (χ1n) is 3.65. The van der Waals surface area contributed by atoms with Gasteiger partial charge in [-0.15, -0.1) is 0 Å². The number of nitrogens with two attached hydrogens (primary N) is 1. The molecular formula is C7H4BrF3KNO3S. The molecule has 1 aromatic carbocycles. The van der Waals surface area contributed by atoms with E-state index in [9.17, 15) is 26.1 Å². The Kier molecular flexibility index (Phi) is 6.15. The average molecular weight is 358 g/mol. The maximum absolute atomic E-state index is 12.5. The molecule has 90 valence electrons. The number of anilines is 1. The van der Waals surface area contributed by atoms with Gasteiger partial charge in [-0.3, -0.25) is 0 Å². The van der Waals surface area contributed by atoms with Crippen LogP contribution in [0, 0.1) is 0 Å². The van der Waals surface area contributed by atoms with E-state index in [-0.39, 0.29) is 57.1 Å². The molecule has 0 unspecified atom stereocenters. The SMILES string of the molecule is Nc1cc(Br)c(S(=O)(=O)[O-])c(C(F)(F)F)c1.[K+]. The van der Waals surface area contributed by atoms with Crippen molar-refractivity contribution in [2.75, 3.05) is 5.73 Å². The summed E-state index contributed by atoms with van der Waals surface area (Å²) >= 11 is 2.57. The Morgan fingerprint density at radius 2 is 1.76 bits per heavy atom. The predicted molar refractivity (Wildman–Crippen MR) is 51.5 cm³/mol. The van der Waals surface area contributed by atoms with E-state index in [1.807, 2.05) is 0 Å². The number of halogens is 4. The van der Waals surface area contributed by atoms with Crippen LogP contribution in [0.15, 0.2) is 21.5 Å². The fraction of sp³-hybridized carbons (Fsp3) is 0.143. The Morgan fingerprint density at radius 3 is 2.12 bits per heavy atom. The van der Waals surface area contributed by atoms with Crippen LogP contribution in [-0.2, 0) is 16.3 Å². The van der Waals surface area contributed by atoms with Crippen molar-refractivity contribution in [2.45, 2.75) is 11.1 Å². The van der Waals surface area contributed by atoms with Gasteiger partial charge in [0.25, 0.3) is 0 Å². The summed E-state index contributed by atoms with van der Waals surface area (Å²) in [6.45, 7) is 0. The molecule has 2 N–H and O–H groups in total. The number of rotatable bonds is 1. The number of hydrogen-bond acceptors (Lipinski definition) is 4. The molecule has 0 aliphatic carbocycles. The Labute approximate surface area is 146 Å². The fourth-order valence-corrected chi connectivity index (χ4v) is 2.89. The number of alkyl halides is 3. The molecule has 1 rings (SSSR count). The van der Waals surface area contributed by atoms with Gasteiger partial charge in [-0.25, -0.2) is 8.42 Å². The van der Waals surface area contributed by atoms with Gasteiger partial charge in [0.2, 0.25) is 0 Å². The van der Waals surface area contributed by atoms with E-state index in [0.717, 1.165) is 6.07 Å². The fourth-order valence-electron chi connectivity index (χ4n) is 1.08. The minimum atomic E-state index is -5.24. The van der Waals surface area contributed by atoms with Gasteiger partial charge in [0.15, 0.2) is 0 Å². The Hall–Kier alpha value is 0.836. The van der Waals surface area contributed by atoms with Gasteiger partial charge in [-0.05, 0) is 28.1 Å². The number of nitrogen functional groups attached to an aromatic ring is 1.